The van der Waals surface area contributed by atoms with Gasteiger partial charge in [-0.2, -0.15) is 0 Å². The van der Waals surface area contributed by atoms with Gasteiger partial charge in [-0.15, -0.1) is 0 Å². The van der Waals surface area contributed by atoms with Crippen molar-refractivity contribution in [1.29, 1.82) is 0 Å². The van der Waals surface area contributed by atoms with Crippen molar-refractivity contribution in [3.8, 4) is 0 Å². The number of halogens is 2. The number of hydrogen-bond donors (Lipinski definition) is 2. The summed E-state index contributed by atoms with van der Waals surface area (Å²) in [5, 5.41) is 4.50. The number of amides is 2. The predicted octanol–water partition coefficient (Wildman–Crippen LogP) is 2.71. The molecule has 0 unspecified atom stereocenters. The van der Waals surface area contributed by atoms with E-state index in [2.05, 4.69) is 5.32 Å². The maximum Gasteiger partial charge on any atom is 0.279 e. The van der Waals surface area contributed by atoms with Gasteiger partial charge in [-0.25, -0.2) is 8.78 Å². The van der Waals surface area contributed by atoms with E-state index in [1.54, 1.807) is 34.5 Å². The summed E-state index contributed by atoms with van der Waals surface area (Å²) in [6.45, 7) is 7.06. The van der Waals surface area contributed by atoms with Crippen molar-refractivity contribution in [2.24, 2.45) is 0 Å². The van der Waals surface area contributed by atoms with Gasteiger partial charge in [0.25, 0.3) is 11.8 Å². The molecule has 2 rings (SSSR count). The molecule has 7 heteroatoms. The van der Waals surface area contributed by atoms with Crippen LogP contribution in [0.5, 0.6) is 0 Å². The summed E-state index contributed by atoms with van der Waals surface area (Å²) in [5.41, 5.74) is 1.76. The third-order valence-electron chi connectivity index (χ3n) is 4.59. The smallest absolute Gasteiger partial charge is 0.279 e. The fraction of sp³-hybridized carbons (Fsp3) is 0.333. The Morgan fingerprint density at radius 2 is 1.68 bits per heavy atom. The van der Waals surface area contributed by atoms with Gasteiger partial charge < -0.3 is 15.5 Å². The number of nitrogens with one attached hydrogen (secondary N) is 1. The van der Waals surface area contributed by atoms with Crippen LogP contribution in [0.25, 0.3) is 0 Å². The van der Waals surface area contributed by atoms with Crippen LogP contribution in [0.4, 0.5) is 14.5 Å². The summed E-state index contributed by atoms with van der Waals surface area (Å²) in [5.74, 6) is -2.06. The number of carbonyl (C=O) groups is 2. The first-order valence-corrected chi connectivity index (χ1v) is 9.33. The molecule has 2 amide bonds. The van der Waals surface area contributed by atoms with E-state index in [9.17, 15) is 18.4 Å². The fourth-order valence-corrected chi connectivity index (χ4v) is 2.82. The molecule has 0 aliphatic rings. The molecule has 28 heavy (non-hydrogen) atoms. The Labute approximate surface area is 163 Å². The van der Waals surface area contributed by atoms with E-state index in [0.29, 0.717) is 29.9 Å². The molecule has 2 aromatic carbocycles. The van der Waals surface area contributed by atoms with Gasteiger partial charge >= 0.3 is 0 Å². The first-order chi connectivity index (χ1) is 13.3. The monoisotopic (exact) mass is 390 g/mol. The fourth-order valence-electron chi connectivity index (χ4n) is 2.82. The number of benzene rings is 2. The highest BCUT2D eigenvalue weighted by atomic mass is 19.2. The van der Waals surface area contributed by atoms with E-state index in [1.807, 2.05) is 20.8 Å². The highest BCUT2D eigenvalue weighted by molar-refractivity contribution is 5.96. The molecule has 0 aromatic heterocycles. The van der Waals surface area contributed by atoms with Crippen molar-refractivity contribution in [3.63, 3.8) is 0 Å². The van der Waals surface area contributed by atoms with E-state index < -0.39 is 11.6 Å². The minimum absolute atomic E-state index is 0.0448. The van der Waals surface area contributed by atoms with Crippen molar-refractivity contribution in [3.05, 3.63) is 65.2 Å². The highest BCUT2D eigenvalue weighted by Gasteiger charge is 2.15. The topological polar surface area (TPSA) is 66.0 Å². The molecular weight excluding hydrogens is 364 g/mol. The number of nitrogens with two attached hydrogens (primary N) is 1. The SMILES string of the molecule is CCN(CC)C(=O)c1ccc(NC(=O)C[NH2+][C@@H](C)c2ccc(F)c(F)c2)cc1. The first kappa shape index (κ1) is 21.5. The van der Waals surface area contributed by atoms with Crippen LogP contribution in [0.3, 0.4) is 0 Å². The Bertz CT molecular complexity index is 821. The maximum atomic E-state index is 13.3. The Morgan fingerprint density at radius 1 is 1.04 bits per heavy atom. The molecule has 1 atom stereocenters. The summed E-state index contributed by atoms with van der Waals surface area (Å²) in [4.78, 5) is 26.1. The minimum Gasteiger partial charge on any atom is -0.339 e. The summed E-state index contributed by atoms with van der Waals surface area (Å²) in [6, 6.07) is 10.3. The standard InChI is InChI=1S/C21H25F2N3O2/c1-4-26(5-2)21(28)15-6-9-17(10-7-15)25-20(27)13-24-14(3)16-8-11-18(22)19(23)12-16/h6-12,14,24H,4-5,13H2,1-3H3,(H,25,27)/p+1/t14-/m0/s1. The van der Waals surface area contributed by atoms with Crippen molar-refractivity contribution in [1.82, 2.24) is 4.90 Å². The molecule has 2 aromatic rings. The molecule has 0 bridgehead atoms. The molecule has 3 N–H and O–H groups in total. The molecule has 0 aliphatic carbocycles. The van der Waals surface area contributed by atoms with Gasteiger partial charge in [0.15, 0.2) is 18.2 Å². The average molecular weight is 390 g/mol. The van der Waals surface area contributed by atoms with Gasteiger partial charge in [-0.05, 0) is 63.2 Å². The second kappa shape index (κ2) is 9.94. The first-order valence-electron chi connectivity index (χ1n) is 9.33. The molecular formula is C21H26F2N3O2+. The summed E-state index contributed by atoms with van der Waals surface area (Å²) >= 11 is 0. The summed E-state index contributed by atoms with van der Waals surface area (Å²) < 4.78 is 26.3. The number of hydrogen-bond acceptors (Lipinski definition) is 2. The minimum atomic E-state index is -0.901. The number of nitrogens with zero attached hydrogens (tertiary/aromatic N) is 1. The lowest BCUT2D eigenvalue weighted by Crippen LogP contribution is -2.86. The number of rotatable bonds is 8. The highest BCUT2D eigenvalue weighted by Crippen LogP contribution is 2.14. The predicted molar refractivity (Wildman–Crippen MR) is 104 cm³/mol. The number of anilines is 1. The second-order valence-corrected chi connectivity index (χ2v) is 6.51. The van der Waals surface area contributed by atoms with Crippen molar-refractivity contribution in [2.45, 2.75) is 26.8 Å². The number of quaternary nitrogens is 1. The number of carbonyl (C=O) groups excluding carboxylic acids is 2. The molecule has 0 fully saturated rings. The summed E-state index contributed by atoms with van der Waals surface area (Å²) in [6.07, 6.45) is 0. The molecule has 0 heterocycles. The van der Waals surface area contributed by atoms with Crippen LogP contribution >= 0.6 is 0 Å². The summed E-state index contributed by atoms with van der Waals surface area (Å²) in [7, 11) is 0. The maximum absolute atomic E-state index is 13.3. The molecule has 150 valence electrons. The molecule has 5 nitrogen and oxygen atoms in total. The van der Waals surface area contributed by atoms with Gasteiger partial charge in [0.05, 0.1) is 0 Å². The lowest BCUT2D eigenvalue weighted by atomic mass is 10.1. The second-order valence-electron chi connectivity index (χ2n) is 6.51. The third-order valence-corrected chi connectivity index (χ3v) is 4.59. The molecule has 0 spiro atoms. The largest absolute Gasteiger partial charge is 0.339 e. The average Bonchev–Trinajstić information content (AvgIpc) is 2.69. The molecule has 0 saturated heterocycles. The van der Waals surface area contributed by atoms with Gasteiger partial charge in [-0.1, -0.05) is 0 Å². The van der Waals surface area contributed by atoms with E-state index in [-0.39, 0.29) is 24.4 Å². The normalized spacial score (nSPS) is 11.8. The van der Waals surface area contributed by atoms with Crippen LogP contribution in [0.15, 0.2) is 42.5 Å². The van der Waals surface area contributed by atoms with Crippen molar-refractivity contribution >= 4 is 17.5 Å². The van der Waals surface area contributed by atoms with Gasteiger partial charge in [-0.3, -0.25) is 9.59 Å². The van der Waals surface area contributed by atoms with Gasteiger partial charge in [0.1, 0.15) is 6.04 Å². The van der Waals surface area contributed by atoms with Crippen LogP contribution in [-0.4, -0.2) is 36.3 Å². The Balaban J connectivity index is 1.88. The van der Waals surface area contributed by atoms with Gasteiger partial charge in [0.2, 0.25) is 0 Å². The van der Waals surface area contributed by atoms with Crippen LogP contribution in [0.1, 0.15) is 42.7 Å². The third kappa shape index (κ3) is 5.60. The zero-order chi connectivity index (χ0) is 20.7. The lowest BCUT2D eigenvalue weighted by molar-refractivity contribution is -0.682. The Hall–Kier alpha value is -2.80. The molecule has 0 saturated carbocycles. The lowest BCUT2D eigenvalue weighted by Gasteiger charge is -2.18. The van der Waals surface area contributed by atoms with Crippen molar-refractivity contribution < 1.29 is 23.7 Å². The van der Waals surface area contributed by atoms with E-state index in [1.165, 1.54) is 6.07 Å². The Morgan fingerprint density at radius 3 is 2.25 bits per heavy atom. The van der Waals surface area contributed by atoms with Crippen molar-refractivity contribution in [2.75, 3.05) is 25.0 Å². The zero-order valence-electron chi connectivity index (χ0n) is 16.3. The molecule has 0 radical (unpaired) electrons. The Kier molecular flexibility index (Phi) is 7.63. The quantitative estimate of drug-likeness (QED) is 0.728. The van der Waals surface area contributed by atoms with Crippen LogP contribution in [0.2, 0.25) is 0 Å². The van der Waals surface area contributed by atoms with E-state index in [0.717, 1.165) is 12.1 Å². The molecule has 0 aliphatic heterocycles. The zero-order valence-corrected chi connectivity index (χ0v) is 16.3. The van der Waals surface area contributed by atoms with Crippen LogP contribution in [0, 0.1) is 11.6 Å². The van der Waals surface area contributed by atoms with Crippen LogP contribution < -0.4 is 10.6 Å². The van der Waals surface area contributed by atoms with E-state index >= 15 is 0 Å². The van der Waals surface area contributed by atoms with Gasteiger partial charge in [0, 0.05) is 29.9 Å². The van der Waals surface area contributed by atoms with Crippen LogP contribution in [-0.2, 0) is 4.79 Å². The van der Waals surface area contributed by atoms with E-state index in [4.69, 9.17) is 0 Å².